The second-order valence-corrected chi connectivity index (χ2v) is 10.2. The average Bonchev–Trinajstić information content (AvgIpc) is 3.44. The first-order valence-electron chi connectivity index (χ1n) is 13.2. The highest BCUT2D eigenvalue weighted by Crippen LogP contribution is 2.29. The summed E-state index contributed by atoms with van der Waals surface area (Å²) in [7, 11) is 3.31. The maximum atomic E-state index is 13.8. The molecule has 4 amide bonds. The van der Waals surface area contributed by atoms with Crippen molar-refractivity contribution in [3.05, 3.63) is 59.7 Å². The van der Waals surface area contributed by atoms with Crippen molar-refractivity contribution >= 4 is 17.8 Å². The molecule has 3 saturated heterocycles. The number of benzene rings is 2. The zero-order valence-electron chi connectivity index (χ0n) is 22.3. The summed E-state index contributed by atoms with van der Waals surface area (Å²) in [6.07, 6.45) is 1.35. The van der Waals surface area contributed by atoms with E-state index in [4.69, 9.17) is 9.47 Å². The molecule has 2 aromatic rings. The van der Waals surface area contributed by atoms with Gasteiger partial charge in [0.2, 0.25) is 11.8 Å². The largest absolute Gasteiger partial charge is 0.508 e. The number of nitrogens with zero attached hydrogens (tertiary/aromatic N) is 4. The molecule has 3 fully saturated rings. The molecule has 11 nitrogen and oxygen atoms in total. The van der Waals surface area contributed by atoms with Crippen LogP contribution in [-0.2, 0) is 27.3 Å². The van der Waals surface area contributed by atoms with E-state index in [9.17, 15) is 19.5 Å². The van der Waals surface area contributed by atoms with E-state index in [-0.39, 0.29) is 49.2 Å². The van der Waals surface area contributed by atoms with Gasteiger partial charge in [0.15, 0.2) is 0 Å². The fourth-order valence-corrected chi connectivity index (χ4v) is 5.56. The topological polar surface area (TPSA) is 115 Å². The molecule has 39 heavy (non-hydrogen) atoms. The van der Waals surface area contributed by atoms with E-state index in [2.05, 4.69) is 5.32 Å². The smallest absolute Gasteiger partial charge is 0.334 e. The number of phenols is 1. The number of phenolic OH excluding ortho intramolecular Hbond substituents is 1. The van der Waals surface area contributed by atoms with Crippen molar-refractivity contribution < 1.29 is 29.0 Å². The minimum Gasteiger partial charge on any atom is -0.508 e. The van der Waals surface area contributed by atoms with Gasteiger partial charge in [-0.15, -0.1) is 0 Å². The maximum Gasteiger partial charge on any atom is 0.334 e. The van der Waals surface area contributed by atoms with Gasteiger partial charge in [0.1, 0.15) is 23.7 Å². The van der Waals surface area contributed by atoms with E-state index in [1.54, 1.807) is 58.2 Å². The summed E-state index contributed by atoms with van der Waals surface area (Å²) in [4.78, 5) is 44.0. The molecule has 1 unspecified atom stereocenters. The van der Waals surface area contributed by atoms with Gasteiger partial charge in [0, 0.05) is 33.2 Å². The van der Waals surface area contributed by atoms with Crippen LogP contribution in [0.3, 0.4) is 0 Å². The predicted molar refractivity (Wildman–Crippen MR) is 141 cm³/mol. The molecule has 3 atom stereocenters. The van der Waals surface area contributed by atoms with E-state index in [0.717, 1.165) is 29.7 Å². The lowest BCUT2D eigenvalue weighted by molar-refractivity contribution is -0.188. The quantitative estimate of drug-likeness (QED) is 0.551. The van der Waals surface area contributed by atoms with E-state index < -0.39 is 12.2 Å². The average molecular weight is 538 g/mol. The van der Waals surface area contributed by atoms with Gasteiger partial charge in [-0.2, -0.15) is 0 Å². The van der Waals surface area contributed by atoms with Gasteiger partial charge in [-0.25, -0.2) is 14.8 Å². The summed E-state index contributed by atoms with van der Waals surface area (Å²) in [6.45, 7) is 1.53. The monoisotopic (exact) mass is 537 g/mol. The molecule has 0 saturated carbocycles. The number of piperazine rings is 1. The first kappa shape index (κ1) is 26.8. The van der Waals surface area contributed by atoms with Gasteiger partial charge in [-0.3, -0.25) is 9.59 Å². The number of carbonyl (C=O) groups is 3. The molecule has 0 bridgehead atoms. The van der Waals surface area contributed by atoms with Crippen LogP contribution in [0, 0.1) is 0 Å². The first-order chi connectivity index (χ1) is 18.8. The summed E-state index contributed by atoms with van der Waals surface area (Å²) in [6, 6.07) is 12.9. The Morgan fingerprint density at radius 3 is 2.49 bits per heavy atom. The highest BCUT2D eigenvalue weighted by atomic mass is 16.5. The van der Waals surface area contributed by atoms with E-state index >= 15 is 0 Å². The number of hydrogen-bond donors (Lipinski definition) is 2. The standard InChI is InChI=1S/C28H35N5O6/c1-30-18-26(35)32-24(14-19-5-9-21(34)10-6-19)27(36)31(16-23-4-3-13-39-23)17-25(32)33(30)28(37)29-15-20-7-11-22(38-2)12-8-20/h5-12,23-25,34H,3-4,13-18H2,1-2H3,(H,29,37)/t23?,24-,25-/m0/s1. The molecule has 3 aliphatic rings. The Balaban J connectivity index is 1.40. The van der Waals surface area contributed by atoms with Crippen molar-refractivity contribution in [1.82, 2.24) is 25.1 Å². The second kappa shape index (κ2) is 11.5. The molecule has 5 rings (SSSR count). The minimum absolute atomic E-state index is 0.0302. The van der Waals surface area contributed by atoms with Crippen LogP contribution >= 0.6 is 0 Å². The van der Waals surface area contributed by atoms with Crippen LogP contribution < -0.4 is 10.1 Å². The van der Waals surface area contributed by atoms with Crippen LogP contribution in [0.2, 0.25) is 0 Å². The highest BCUT2D eigenvalue weighted by Gasteiger charge is 2.51. The Morgan fingerprint density at radius 2 is 1.82 bits per heavy atom. The normalized spacial score (nSPS) is 23.6. The Morgan fingerprint density at radius 1 is 1.10 bits per heavy atom. The molecule has 3 heterocycles. The summed E-state index contributed by atoms with van der Waals surface area (Å²) < 4.78 is 11.0. The van der Waals surface area contributed by atoms with Crippen LogP contribution in [0.1, 0.15) is 24.0 Å². The molecule has 11 heteroatoms. The summed E-state index contributed by atoms with van der Waals surface area (Å²) in [5.41, 5.74) is 1.71. The fraction of sp³-hybridized carbons (Fsp3) is 0.464. The molecule has 0 aromatic heterocycles. The number of ether oxygens (including phenoxy) is 2. The zero-order chi connectivity index (χ0) is 27.5. The van der Waals surface area contributed by atoms with Crippen molar-refractivity contribution in [3.8, 4) is 11.5 Å². The van der Waals surface area contributed by atoms with Gasteiger partial charge >= 0.3 is 6.03 Å². The van der Waals surface area contributed by atoms with Gasteiger partial charge < -0.3 is 29.7 Å². The molecule has 3 aliphatic heterocycles. The molecule has 0 spiro atoms. The molecule has 0 radical (unpaired) electrons. The number of amides is 4. The summed E-state index contributed by atoms with van der Waals surface area (Å²) in [5.74, 6) is 0.483. The Labute approximate surface area is 227 Å². The van der Waals surface area contributed by atoms with Crippen LogP contribution in [0.15, 0.2) is 48.5 Å². The lowest BCUT2D eigenvalue weighted by Crippen LogP contribution is -2.76. The van der Waals surface area contributed by atoms with Crippen molar-refractivity contribution in [2.75, 3.05) is 40.4 Å². The van der Waals surface area contributed by atoms with Gasteiger partial charge in [-0.1, -0.05) is 24.3 Å². The fourth-order valence-electron chi connectivity index (χ4n) is 5.56. The Hall–Kier alpha value is -3.83. The van der Waals surface area contributed by atoms with Crippen molar-refractivity contribution in [2.45, 2.75) is 44.1 Å². The SMILES string of the molecule is COc1ccc(CNC(=O)N2[C@H]3CN(CC4CCCO4)C(=O)[C@H](Cc4ccc(O)cc4)N3C(=O)CN2C)cc1. The maximum absolute atomic E-state index is 13.8. The van der Waals surface area contributed by atoms with Crippen LogP contribution in [-0.4, -0.2) is 101 Å². The molecular formula is C28H35N5O6. The number of nitrogens with one attached hydrogen (secondary N) is 1. The van der Waals surface area contributed by atoms with Crippen LogP contribution in [0.25, 0.3) is 0 Å². The number of hydrazine groups is 1. The number of carbonyl (C=O) groups excluding carboxylic acids is 3. The number of aromatic hydroxyl groups is 1. The van der Waals surface area contributed by atoms with E-state index in [0.29, 0.717) is 19.7 Å². The van der Waals surface area contributed by atoms with Gasteiger partial charge in [0.05, 0.1) is 26.3 Å². The number of methoxy groups -OCH3 is 1. The van der Waals surface area contributed by atoms with Crippen molar-refractivity contribution in [2.24, 2.45) is 0 Å². The highest BCUT2D eigenvalue weighted by molar-refractivity contribution is 5.91. The summed E-state index contributed by atoms with van der Waals surface area (Å²) >= 11 is 0. The Kier molecular flexibility index (Phi) is 7.89. The predicted octanol–water partition coefficient (Wildman–Crippen LogP) is 1.56. The van der Waals surface area contributed by atoms with E-state index in [1.165, 1.54) is 0 Å². The third kappa shape index (κ3) is 5.79. The van der Waals surface area contributed by atoms with Gasteiger partial charge in [-0.05, 0) is 48.2 Å². The lowest BCUT2D eigenvalue weighted by atomic mass is 9.98. The van der Waals surface area contributed by atoms with E-state index in [1.807, 2.05) is 24.3 Å². The first-order valence-corrected chi connectivity index (χ1v) is 13.2. The van der Waals surface area contributed by atoms with Crippen molar-refractivity contribution in [3.63, 3.8) is 0 Å². The third-order valence-electron chi connectivity index (χ3n) is 7.56. The van der Waals surface area contributed by atoms with Gasteiger partial charge in [0.25, 0.3) is 0 Å². The minimum atomic E-state index is -0.784. The lowest BCUT2D eigenvalue weighted by Gasteiger charge is -2.54. The summed E-state index contributed by atoms with van der Waals surface area (Å²) in [5, 5.41) is 15.8. The molecular weight excluding hydrogens is 502 g/mol. The number of urea groups is 1. The Bertz CT molecular complexity index is 1180. The number of likely N-dealkylation sites (N-methyl/N-ethyl adjacent to an activating group) is 1. The molecule has 208 valence electrons. The second-order valence-electron chi connectivity index (χ2n) is 10.2. The number of rotatable bonds is 7. The third-order valence-corrected chi connectivity index (χ3v) is 7.56. The molecule has 0 aliphatic carbocycles. The van der Waals surface area contributed by atoms with Crippen molar-refractivity contribution in [1.29, 1.82) is 0 Å². The number of fused-ring (bicyclic) bond motifs is 1. The molecule has 2 N–H and O–H groups in total. The van der Waals surface area contributed by atoms with Crippen LogP contribution in [0.4, 0.5) is 4.79 Å². The molecule has 2 aromatic carbocycles. The van der Waals surface area contributed by atoms with Crippen LogP contribution in [0.5, 0.6) is 11.5 Å². The zero-order valence-corrected chi connectivity index (χ0v) is 22.3. The number of hydrogen-bond acceptors (Lipinski definition) is 7.